The van der Waals surface area contributed by atoms with E-state index in [4.69, 9.17) is 4.74 Å². The van der Waals surface area contributed by atoms with Crippen molar-refractivity contribution < 1.29 is 9.53 Å². The third-order valence-electron chi connectivity index (χ3n) is 6.63. The van der Waals surface area contributed by atoms with Gasteiger partial charge in [0.15, 0.2) is 0 Å². The van der Waals surface area contributed by atoms with Crippen LogP contribution < -0.4 is 4.74 Å². The lowest BCUT2D eigenvalue weighted by Gasteiger charge is -2.27. The van der Waals surface area contributed by atoms with Crippen LogP contribution in [-0.2, 0) is 11.2 Å². The summed E-state index contributed by atoms with van der Waals surface area (Å²) in [6.07, 6.45) is 16.5. The third-order valence-corrected chi connectivity index (χ3v) is 6.63. The van der Waals surface area contributed by atoms with Crippen molar-refractivity contribution in [1.29, 1.82) is 0 Å². The molecule has 0 radical (unpaired) electrons. The second-order valence-corrected chi connectivity index (χ2v) is 9.17. The first-order valence-corrected chi connectivity index (χ1v) is 12.5. The monoisotopic (exact) mass is 421 g/mol. The molecule has 168 valence electrons. The van der Waals surface area contributed by atoms with Gasteiger partial charge in [-0.1, -0.05) is 64.9 Å². The van der Waals surface area contributed by atoms with E-state index in [-0.39, 0.29) is 11.9 Å². The highest BCUT2D eigenvalue weighted by Gasteiger charge is 2.27. The van der Waals surface area contributed by atoms with Gasteiger partial charge >= 0.3 is 5.97 Å². The lowest BCUT2D eigenvalue weighted by atomic mass is 9.80. The number of aromatic nitrogens is 1. The molecule has 1 aromatic carbocycles. The van der Waals surface area contributed by atoms with Crippen LogP contribution in [0.2, 0.25) is 0 Å². The predicted octanol–water partition coefficient (Wildman–Crippen LogP) is 7.77. The van der Waals surface area contributed by atoms with Crippen molar-refractivity contribution in [3.05, 3.63) is 48.2 Å². The number of rotatable bonds is 11. The van der Waals surface area contributed by atoms with Gasteiger partial charge in [0.25, 0.3) is 0 Å². The van der Waals surface area contributed by atoms with Crippen molar-refractivity contribution in [1.82, 2.24) is 4.98 Å². The van der Waals surface area contributed by atoms with Gasteiger partial charge in [-0.3, -0.25) is 9.78 Å². The molecule has 0 spiro atoms. The average Bonchev–Trinajstić information content (AvgIpc) is 2.81. The quantitative estimate of drug-likeness (QED) is 0.211. The second kappa shape index (κ2) is 12.6. The molecule has 0 N–H and O–H groups in total. The van der Waals surface area contributed by atoms with Crippen molar-refractivity contribution in [2.45, 2.75) is 90.9 Å². The predicted molar refractivity (Wildman–Crippen MR) is 128 cm³/mol. The maximum atomic E-state index is 12.6. The number of carbonyl (C=O) groups is 1. The van der Waals surface area contributed by atoms with Crippen LogP contribution >= 0.6 is 0 Å². The number of esters is 1. The lowest BCUT2D eigenvalue weighted by Crippen LogP contribution is -2.25. The maximum absolute atomic E-state index is 12.6. The summed E-state index contributed by atoms with van der Waals surface area (Å²) in [5.74, 6) is 1.44. The molecule has 2 aromatic rings. The molecule has 1 heterocycles. The standard InChI is InChI=1S/C28H39NO2/c1-3-5-6-7-8-10-22-11-14-25(15-12-22)28(30)31-26-18-16-24(17-19-26)27-20-13-23(9-4-2)21-29-27/h13,16-22,25H,3-12,14-15H2,1-2H3. The molecule has 0 amide bonds. The van der Waals surface area contributed by atoms with E-state index >= 15 is 0 Å². The largest absolute Gasteiger partial charge is 0.426 e. The zero-order valence-electron chi connectivity index (χ0n) is 19.4. The fraction of sp³-hybridized carbons (Fsp3) is 0.571. The van der Waals surface area contributed by atoms with Gasteiger partial charge in [0, 0.05) is 11.8 Å². The van der Waals surface area contributed by atoms with Crippen molar-refractivity contribution in [2.75, 3.05) is 0 Å². The Morgan fingerprint density at radius 2 is 1.65 bits per heavy atom. The number of unbranched alkanes of at least 4 members (excludes halogenated alkanes) is 4. The van der Waals surface area contributed by atoms with Crippen LogP contribution in [0.3, 0.4) is 0 Å². The van der Waals surface area contributed by atoms with Gasteiger partial charge < -0.3 is 4.74 Å². The molecule has 0 atom stereocenters. The van der Waals surface area contributed by atoms with Gasteiger partial charge in [-0.05, 0) is 73.9 Å². The molecule has 31 heavy (non-hydrogen) atoms. The number of hydrogen-bond donors (Lipinski definition) is 0. The van der Waals surface area contributed by atoms with Crippen LogP contribution in [-0.4, -0.2) is 11.0 Å². The summed E-state index contributed by atoms with van der Waals surface area (Å²) in [5.41, 5.74) is 3.26. The van der Waals surface area contributed by atoms with Crippen LogP contribution in [0.4, 0.5) is 0 Å². The van der Waals surface area contributed by atoms with Crippen molar-refractivity contribution in [2.24, 2.45) is 11.8 Å². The molecule has 1 aliphatic rings. The lowest BCUT2D eigenvalue weighted by molar-refractivity contribution is -0.140. The number of hydrogen-bond acceptors (Lipinski definition) is 3. The number of nitrogens with zero attached hydrogens (tertiary/aromatic N) is 1. The second-order valence-electron chi connectivity index (χ2n) is 9.17. The highest BCUT2D eigenvalue weighted by atomic mass is 16.5. The summed E-state index contributed by atoms with van der Waals surface area (Å²) in [5, 5.41) is 0. The molecule has 1 fully saturated rings. The van der Waals surface area contributed by atoms with Crippen LogP contribution in [0.15, 0.2) is 42.6 Å². The van der Waals surface area contributed by atoms with E-state index in [9.17, 15) is 4.79 Å². The average molecular weight is 422 g/mol. The van der Waals surface area contributed by atoms with Gasteiger partial charge in [-0.15, -0.1) is 0 Å². The van der Waals surface area contributed by atoms with E-state index < -0.39 is 0 Å². The summed E-state index contributed by atoms with van der Waals surface area (Å²) < 4.78 is 5.70. The van der Waals surface area contributed by atoms with E-state index in [2.05, 4.69) is 31.0 Å². The minimum absolute atomic E-state index is 0.0591. The molecular weight excluding hydrogens is 382 g/mol. The molecule has 0 unspecified atom stereocenters. The minimum Gasteiger partial charge on any atom is -0.426 e. The van der Waals surface area contributed by atoms with Crippen LogP contribution in [0.25, 0.3) is 11.3 Å². The Morgan fingerprint density at radius 3 is 2.29 bits per heavy atom. The fourth-order valence-corrected chi connectivity index (χ4v) is 4.65. The Bertz CT molecular complexity index is 774. The van der Waals surface area contributed by atoms with Gasteiger partial charge in [-0.2, -0.15) is 0 Å². The Kier molecular flexibility index (Phi) is 9.58. The first-order chi connectivity index (χ1) is 15.2. The van der Waals surface area contributed by atoms with E-state index in [1.165, 1.54) is 56.9 Å². The van der Waals surface area contributed by atoms with Gasteiger partial charge in [-0.25, -0.2) is 0 Å². The van der Waals surface area contributed by atoms with Gasteiger partial charge in [0.1, 0.15) is 5.75 Å². The van der Waals surface area contributed by atoms with Gasteiger partial charge in [0.05, 0.1) is 11.6 Å². The smallest absolute Gasteiger partial charge is 0.314 e. The topological polar surface area (TPSA) is 39.2 Å². The number of pyridine rings is 1. The summed E-state index contributed by atoms with van der Waals surface area (Å²) in [4.78, 5) is 17.2. The molecule has 1 saturated carbocycles. The fourth-order valence-electron chi connectivity index (χ4n) is 4.65. The number of carbonyl (C=O) groups excluding carboxylic acids is 1. The molecule has 0 saturated heterocycles. The molecule has 3 heteroatoms. The number of benzene rings is 1. The van der Waals surface area contributed by atoms with Crippen LogP contribution in [0.1, 0.15) is 90.0 Å². The highest BCUT2D eigenvalue weighted by Crippen LogP contribution is 2.33. The highest BCUT2D eigenvalue weighted by molar-refractivity contribution is 5.75. The summed E-state index contributed by atoms with van der Waals surface area (Å²) in [6.45, 7) is 4.44. The Hall–Kier alpha value is -2.16. The van der Waals surface area contributed by atoms with Crippen molar-refractivity contribution in [3.63, 3.8) is 0 Å². The summed E-state index contributed by atoms with van der Waals surface area (Å²) >= 11 is 0. The Morgan fingerprint density at radius 1 is 0.903 bits per heavy atom. The summed E-state index contributed by atoms with van der Waals surface area (Å²) in [7, 11) is 0. The van der Waals surface area contributed by atoms with Crippen LogP contribution in [0.5, 0.6) is 5.75 Å². The maximum Gasteiger partial charge on any atom is 0.314 e. The molecular formula is C28H39NO2. The van der Waals surface area contributed by atoms with E-state index in [0.29, 0.717) is 5.75 Å². The van der Waals surface area contributed by atoms with Crippen LogP contribution in [0, 0.1) is 11.8 Å². The van der Waals surface area contributed by atoms with Crippen molar-refractivity contribution >= 4 is 5.97 Å². The molecule has 0 aliphatic heterocycles. The molecule has 3 nitrogen and oxygen atoms in total. The Balaban J connectivity index is 1.42. The molecule has 1 aliphatic carbocycles. The molecule has 0 bridgehead atoms. The zero-order chi connectivity index (χ0) is 21.9. The van der Waals surface area contributed by atoms with Crippen molar-refractivity contribution in [3.8, 4) is 17.0 Å². The van der Waals surface area contributed by atoms with E-state index in [1.807, 2.05) is 30.5 Å². The van der Waals surface area contributed by atoms with E-state index in [1.54, 1.807) is 0 Å². The number of aryl methyl sites for hydroxylation is 1. The summed E-state index contributed by atoms with van der Waals surface area (Å²) in [6, 6.07) is 11.9. The first-order valence-electron chi connectivity index (χ1n) is 12.5. The third kappa shape index (κ3) is 7.48. The Labute approximate surface area is 188 Å². The molecule has 3 rings (SSSR count). The minimum atomic E-state index is -0.0591. The molecule has 1 aromatic heterocycles. The SMILES string of the molecule is CCCCCCCC1CCC(C(=O)Oc2ccc(-c3ccc(CCC)cn3)cc2)CC1. The first kappa shape index (κ1) is 23.5. The zero-order valence-corrected chi connectivity index (χ0v) is 19.4. The number of ether oxygens (including phenoxy) is 1. The van der Waals surface area contributed by atoms with E-state index in [0.717, 1.165) is 42.9 Å². The van der Waals surface area contributed by atoms with Gasteiger partial charge in [0.2, 0.25) is 0 Å². The normalized spacial score (nSPS) is 18.6.